The molecule has 0 bridgehead atoms. The number of amides is 2. The summed E-state index contributed by atoms with van der Waals surface area (Å²) in [4.78, 5) is 43.3. The third-order valence-corrected chi connectivity index (χ3v) is 5.82. The van der Waals surface area contributed by atoms with E-state index in [1.807, 2.05) is 17.2 Å². The van der Waals surface area contributed by atoms with Crippen molar-refractivity contribution in [2.45, 2.75) is 33.1 Å². The number of aromatic nitrogens is 1. The maximum absolute atomic E-state index is 12.2. The Bertz CT molecular complexity index is 627. The molecule has 1 fully saturated rings. The number of piperazine rings is 1. The van der Waals surface area contributed by atoms with E-state index in [-0.39, 0.29) is 16.9 Å². The summed E-state index contributed by atoms with van der Waals surface area (Å²) in [6.07, 6.45) is 2.23. The van der Waals surface area contributed by atoms with Gasteiger partial charge in [-0.1, -0.05) is 11.8 Å². The highest BCUT2D eigenvalue weighted by Crippen LogP contribution is 2.14. The van der Waals surface area contributed by atoms with Gasteiger partial charge in [0.1, 0.15) is 0 Å². The Morgan fingerprint density at radius 2 is 1.96 bits per heavy atom. The fraction of sp³-hybridized carbons (Fsp3) is 0.647. The van der Waals surface area contributed by atoms with E-state index in [4.69, 9.17) is 0 Å². The summed E-state index contributed by atoms with van der Waals surface area (Å²) in [5.41, 5.74) is 0.900. The van der Waals surface area contributed by atoms with Gasteiger partial charge in [0, 0.05) is 50.7 Å². The van der Waals surface area contributed by atoms with Crippen LogP contribution in [0.3, 0.4) is 0 Å². The van der Waals surface area contributed by atoms with Crippen molar-refractivity contribution in [3.63, 3.8) is 0 Å². The molecule has 0 atom stereocenters. The molecule has 1 N–H and O–H groups in total. The molecule has 0 spiro atoms. The van der Waals surface area contributed by atoms with Gasteiger partial charge >= 0.3 is 0 Å². The molecular formula is C17H26N4O3S2. The Kier molecular flexibility index (Phi) is 8.53. The summed E-state index contributed by atoms with van der Waals surface area (Å²) >= 11 is 2.74. The van der Waals surface area contributed by atoms with Crippen LogP contribution in [0.5, 0.6) is 0 Å². The summed E-state index contributed by atoms with van der Waals surface area (Å²) in [5.74, 6) is 0.881. The molecule has 144 valence electrons. The van der Waals surface area contributed by atoms with E-state index in [0.717, 1.165) is 24.3 Å². The first-order chi connectivity index (χ1) is 12.4. The summed E-state index contributed by atoms with van der Waals surface area (Å²) in [5, 5.41) is 5.47. The molecule has 0 saturated carbocycles. The summed E-state index contributed by atoms with van der Waals surface area (Å²) in [7, 11) is 0. The Morgan fingerprint density at radius 1 is 1.23 bits per heavy atom. The first-order valence-corrected chi connectivity index (χ1v) is 10.7. The van der Waals surface area contributed by atoms with Gasteiger partial charge in [-0.3, -0.25) is 19.3 Å². The number of nitrogens with one attached hydrogen (secondary N) is 1. The zero-order chi connectivity index (χ0) is 18.9. The van der Waals surface area contributed by atoms with E-state index in [1.165, 1.54) is 23.1 Å². The predicted octanol–water partition coefficient (Wildman–Crippen LogP) is 1.98. The van der Waals surface area contributed by atoms with Gasteiger partial charge in [-0.25, -0.2) is 4.98 Å². The topological polar surface area (TPSA) is 82.6 Å². The fourth-order valence-corrected chi connectivity index (χ4v) is 4.02. The molecule has 0 aliphatic carbocycles. The highest BCUT2D eigenvalue weighted by molar-refractivity contribution is 8.13. The lowest BCUT2D eigenvalue weighted by Gasteiger charge is -2.34. The van der Waals surface area contributed by atoms with Crippen LogP contribution < -0.4 is 5.32 Å². The normalized spacial score (nSPS) is 15.1. The number of hydrogen-bond donors (Lipinski definition) is 1. The second-order valence-corrected chi connectivity index (χ2v) is 8.43. The number of thiazole rings is 1. The quantitative estimate of drug-likeness (QED) is 0.675. The van der Waals surface area contributed by atoms with Crippen LogP contribution >= 0.6 is 23.1 Å². The molecule has 1 aromatic rings. The number of carbonyl (C=O) groups is 3. The van der Waals surface area contributed by atoms with Crippen LogP contribution in [0.15, 0.2) is 5.38 Å². The van der Waals surface area contributed by atoms with Gasteiger partial charge in [0.05, 0.1) is 12.2 Å². The third kappa shape index (κ3) is 7.43. The van der Waals surface area contributed by atoms with Gasteiger partial charge in [-0.2, -0.15) is 0 Å². The van der Waals surface area contributed by atoms with Crippen LogP contribution in [0.4, 0.5) is 5.13 Å². The smallest absolute Gasteiger partial charge is 0.240 e. The minimum absolute atomic E-state index is 0.0675. The van der Waals surface area contributed by atoms with E-state index >= 15 is 0 Å². The number of aryl methyl sites for hydroxylation is 1. The standard InChI is InChI=1S/C17H26N4O3S2/c1-13-12-26-17(18-13)19-15(23)11-20-6-8-21(9-7-20)16(24)5-3-4-10-25-14(2)22/h12H,3-11H2,1-2H3,(H,18,19,23). The highest BCUT2D eigenvalue weighted by atomic mass is 32.2. The van der Waals surface area contributed by atoms with Crippen LogP contribution in [0.25, 0.3) is 0 Å². The zero-order valence-electron chi connectivity index (χ0n) is 15.3. The lowest BCUT2D eigenvalue weighted by atomic mass is 10.2. The highest BCUT2D eigenvalue weighted by Gasteiger charge is 2.22. The fourth-order valence-electron chi connectivity index (χ4n) is 2.68. The van der Waals surface area contributed by atoms with Gasteiger partial charge in [0.15, 0.2) is 10.2 Å². The maximum Gasteiger partial charge on any atom is 0.240 e. The number of rotatable bonds is 8. The number of hydrogen-bond acceptors (Lipinski definition) is 7. The molecule has 1 aromatic heterocycles. The average Bonchev–Trinajstić information content (AvgIpc) is 2.99. The largest absolute Gasteiger partial charge is 0.340 e. The molecule has 1 aliphatic heterocycles. The Labute approximate surface area is 162 Å². The zero-order valence-corrected chi connectivity index (χ0v) is 17.0. The summed E-state index contributed by atoms with van der Waals surface area (Å²) < 4.78 is 0. The minimum atomic E-state index is -0.0675. The van der Waals surface area contributed by atoms with Crippen molar-refractivity contribution >= 4 is 45.2 Å². The van der Waals surface area contributed by atoms with E-state index in [0.29, 0.717) is 44.3 Å². The van der Waals surface area contributed by atoms with Crippen molar-refractivity contribution < 1.29 is 14.4 Å². The molecule has 1 saturated heterocycles. The first kappa shape index (κ1) is 20.9. The van der Waals surface area contributed by atoms with Crippen molar-refractivity contribution in [2.75, 3.05) is 43.8 Å². The number of thioether (sulfide) groups is 1. The van der Waals surface area contributed by atoms with Crippen LogP contribution in [-0.4, -0.2) is 70.2 Å². The molecule has 1 aliphatic rings. The lowest BCUT2D eigenvalue weighted by molar-refractivity contribution is -0.133. The molecule has 0 aromatic carbocycles. The minimum Gasteiger partial charge on any atom is -0.340 e. The lowest BCUT2D eigenvalue weighted by Crippen LogP contribution is -2.50. The van der Waals surface area contributed by atoms with Crippen molar-refractivity contribution in [1.29, 1.82) is 0 Å². The van der Waals surface area contributed by atoms with Gasteiger partial charge < -0.3 is 10.2 Å². The second kappa shape index (κ2) is 10.6. The Balaban J connectivity index is 1.61. The molecule has 2 rings (SSSR count). The summed E-state index contributed by atoms with van der Waals surface area (Å²) in [6.45, 7) is 6.50. The monoisotopic (exact) mass is 398 g/mol. The van der Waals surface area contributed by atoms with E-state index in [2.05, 4.69) is 15.2 Å². The van der Waals surface area contributed by atoms with Crippen LogP contribution in [0, 0.1) is 6.92 Å². The first-order valence-electron chi connectivity index (χ1n) is 8.79. The van der Waals surface area contributed by atoms with Gasteiger partial charge in [-0.15, -0.1) is 11.3 Å². The van der Waals surface area contributed by atoms with Crippen molar-refractivity contribution in [2.24, 2.45) is 0 Å². The summed E-state index contributed by atoms with van der Waals surface area (Å²) in [6, 6.07) is 0. The second-order valence-electron chi connectivity index (χ2n) is 6.30. The molecule has 9 heteroatoms. The molecule has 2 heterocycles. The van der Waals surface area contributed by atoms with Crippen molar-refractivity contribution in [3.05, 3.63) is 11.1 Å². The third-order valence-electron chi connectivity index (χ3n) is 4.05. The van der Waals surface area contributed by atoms with Crippen LogP contribution in [-0.2, 0) is 14.4 Å². The average molecular weight is 399 g/mol. The number of nitrogens with zero attached hydrogens (tertiary/aromatic N) is 3. The van der Waals surface area contributed by atoms with Crippen molar-refractivity contribution in [1.82, 2.24) is 14.8 Å². The van der Waals surface area contributed by atoms with E-state index in [9.17, 15) is 14.4 Å². The van der Waals surface area contributed by atoms with Gasteiger partial charge in [-0.05, 0) is 19.8 Å². The molecule has 0 radical (unpaired) electrons. The number of anilines is 1. The molecule has 0 unspecified atom stereocenters. The Hall–Kier alpha value is -1.45. The molecule has 2 amide bonds. The molecular weight excluding hydrogens is 372 g/mol. The maximum atomic E-state index is 12.2. The molecule has 26 heavy (non-hydrogen) atoms. The number of carbonyl (C=O) groups excluding carboxylic acids is 3. The Morgan fingerprint density at radius 3 is 2.58 bits per heavy atom. The van der Waals surface area contributed by atoms with Gasteiger partial charge in [0.2, 0.25) is 11.8 Å². The number of unbranched alkanes of at least 4 members (excludes halogenated alkanes) is 1. The van der Waals surface area contributed by atoms with Crippen LogP contribution in [0.1, 0.15) is 31.9 Å². The van der Waals surface area contributed by atoms with Crippen molar-refractivity contribution in [3.8, 4) is 0 Å². The van der Waals surface area contributed by atoms with Crippen LogP contribution in [0.2, 0.25) is 0 Å². The SMILES string of the molecule is CC(=O)SCCCCC(=O)N1CCN(CC(=O)Nc2nc(C)cs2)CC1. The predicted molar refractivity (Wildman–Crippen MR) is 105 cm³/mol. The van der Waals surface area contributed by atoms with Gasteiger partial charge in [0.25, 0.3) is 0 Å². The molecule has 7 nitrogen and oxygen atoms in total. The van der Waals surface area contributed by atoms with E-state index < -0.39 is 0 Å². The van der Waals surface area contributed by atoms with E-state index in [1.54, 1.807) is 6.92 Å².